The molecule has 0 unspecified atom stereocenters. The van der Waals surface area contributed by atoms with Gasteiger partial charge in [-0.15, -0.1) is 11.3 Å². The van der Waals surface area contributed by atoms with Gasteiger partial charge in [0.05, 0.1) is 5.01 Å². The highest BCUT2D eigenvalue weighted by molar-refractivity contribution is 7.13. The Morgan fingerprint density at radius 2 is 1.93 bits per heavy atom. The van der Waals surface area contributed by atoms with Crippen molar-refractivity contribution in [3.63, 3.8) is 0 Å². The van der Waals surface area contributed by atoms with Gasteiger partial charge >= 0.3 is 0 Å². The van der Waals surface area contributed by atoms with Crippen LogP contribution < -0.4 is 5.32 Å². The van der Waals surface area contributed by atoms with Gasteiger partial charge in [0.1, 0.15) is 16.4 Å². The third kappa shape index (κ3) is 4.14. The number of thiazole rings is 1. The van der Waals surface area contributed by atoms with Crippen LogP contribution in [-0.2, 0) is 0 Å². The SMILES string of the molecule is Cc1nc(C(F)F)c(C(=O)Nc2ccc(F)cc2-c2ccc(Cl)c(C)c2)s1. The lowest BCUT2D eigenvalue weighted by atomic mass is 10.0. The first-order valence-corrected chi connectivity index (χ1v) is 9.08. The minimum absolute atomic E-state index is 0.162. The maximum Gasteiger partial charge on any atom is 0.282 e. The van der Waals surface area contributed by atoms with Gasteiger partial charge in [0, 0.05) is 16.3 Å². The number of halogens is 4. The maximum atomic E-state index is 13.8. The number of rotatable bonds is 4. The fraction of sp³-hybridized carbons (Fsp3) is 0.158. The zero-order chi connectivity index (χ0) is 19.7. The van der Waals surface area contributed by atoms with Crippen molar-refractivity contribution in [2.24, 2.45) is 0 Å². The van der Waals surface area contributed by atoms with E-state index < -0.39 is 23.8 Å². The van der Waals surface area contributed by atoms with Crippen LogP contribution in [0.1, 0.15) is 32.4 Å². The van der Waals surface area contributed by atoms with E-state index in [0.29, 0.717) is 26.8 Å². The number of hydrogen-bond donors (Lipinski definition) is 1. The number of amides is 1. The molecule has 140 valence electrons. The van der Waals surface area contributed by atoms with Crippen LogP contribution >= 0.6 is 22.9 Å². The summed E-state index contributed by atoms with van der Waals surface area (Å²) < 4.78 is 40.0. The van der Waals surface area contributed by atoms with Crippen molar-refractivity contribution in [1.29, 1.82) is 0 Å². The Labute approximate surface area is 162 Å². The largest absolute Gasteiger partial charge is 0.321 e. The molecular formula is C19H14ClF3N2OS. The van der Waals surface area contributed by atoms with E-state index in [-0.39, 0.29) is 4.88 Å². The molecule has 3 rings (SSSR count). The minimum Gasteiger partial charge on any atom is -0.321 e. The Morgan fingerprint density at radius 3 is 2.59 bits per heavy atom. The molecule has 27 heavy (non-hydrogen) atoms. The van der Waals surface area contributed by atoms with Crippen molar-refractivity contribution in [3.8, 4) is 11.1 Å². The van der Waals surface area contributed by atoms with Crippen LogP contribution in [0.5, 0.6) is 0 Å². The lowest BCUT2D eigenvalue weighted by Gasteiger charge is -2.12. The van der Waals surface area contributed by atoms with Crippen LogP contribution in [0.2, 0.25) is 5.02 Å². The first-order chi connectivity index (χ1) is 12.8. The Kier molecular flexibility index (Phi) is 5.53. The molecule has 1 amide bonds. The Balaban J connectivity index is 2.01. The van der Waals surface area contributed by atoms with Crippen molar-refractivity contribution in [3.05, 3.63) is 68.4 Å². The molecule has 0 saturated heterocycles. The Bertz CT molecular complexity index is 1020. The van der Waals surface area contributed by atoms with Gasteiger partial charge in [-0.1, -0.05) is 17.7 Å². The van der Waals surface area contributed by atoms with Crippen molar-refractivity contribution >= 4 is 34.5 Å². The molecule has 0 aliphatic carbocycles. The van der Waals surface area contributed by atoms with E-state index in [0.717, 1.165) is 16.9 Å². The molecule has 0 aliphatic rings. The third-order valence-corrected chi connectivity index (χ3v) is 5.28. The molecule has 0 saturated carbocycles. The van der Waals surface area contributed by atoms with Gasteiger partial charge in [-0.25, -0.2) is 18.2 Å². The van der Waals surface area contributed by atoms with E-state index in [4.69, 9.17) is 11.6 Å². The second-order valence-electron chi connectivity index (χ2n) is 5.86. The van der Waals surface area contributed by atoms with Gasteiger partial charge in [0.25, 0.3) is 12.3 Å². The fourth-order valence-electron chi connectivity index (χ4n) is 2.61. The smallest absolute Gasteiger partial charge is 0.282 e. The predicted molar refractivity (Wildman–Crippen MR) is 101 cm³/mol. The summed E-state index contributed by atoms with van der Waals surface area (Å²) in [5.41, 5.74) is 1.59. The van der Waals surface area contributed by atoms with Gasteiger partial charge < -0.3 is 5.32 Å². The molecule has 1 heterocycles. The summed E-state index contributed by atoms with van der Waals surface area (Å²) in [6.45, 7) is 3.35. The number of carbonyl (C=O) groups excluding carboxylic acids is 1. The number of nitrogens with one attached hydrogen (secondary N) is 1. The van der Waals surface area contributed by atoms with E-state index in [1.54, 1.807) is 32.0 Å². The monoisotopic (exact) mass is 410 g/mol. The number of aromatic nitrogens is 1. The number of anilines is 1. The number of aryl methyl sites for hydroxylation is 2. The summed E-state index contributed by atoms with van der Waals surface area (Å²) in [6, 6.07) is 8.97. The van der Waals surface area contributed by atoms with Gasteiger partial charge in [0.2, 0.25) is 0 Å². The number of alkyl halides is 2. The molecule has 0 bridgehead atoms. The summed E-state index contributed by atoms with van der Waals surface area (Å²) >= 11 is 6.92. The quantitative estimate of drug-likeness (QED) is 0.540. The number of benzene rings is 2. The lowest BCUT2D eigenvalue weighted by molar-refractivity contribution is 0.101. The standard InChI is InChI=1S/C19H14ClF3N2OS/c1-9-7-11(3-5-14(9)20)13-8-12(21)4-6-15(13)25-19(26)17-16(18(22)23)24-10(2)27-17/h3-8,18H,1-2H3,(H,25,26). The van der Waals surface area contributed by atoms with Crippen LogP contribution in [0.3, 0.4) is 0 Å². The third-order valence-electron chi connectivity index (χ3n) is 3.87. The lowest BCUT2D eigenvalue weighted by Crippen LogP contribution is -2.13. The highest BCUT2D eigenvalue weighted by atomic mass is 35.5. The molecule has 3 nitrogen and oxygen atoms in total. The molecular weight excluding hydrogens is 397 g/mol. The van der Waals surface area contributed by atoms with Crippen LogP contribution in [0.25, 0.3) is 11.1 Å². The minimum atomic E-state index is -2.86. The van der Waals surface area contributed by atoms with Crippen LogP contribution in [-0.4, -0.2) is 10.9 Å². The van der Waals surface area contributed by atoms with Crippen LogP contribution in [0.4, 0.5) is 18.9 Å². The molecule has 3 aromatic rings. The molecule has 2 aromatic carbocycles. The normalized spacial score (nSPS) is 11.1. The van der Waals surface area contributed by atoms with Gasteiger partial charge in [-0.2, -0.15) is 0 Å². The van der Waals surface area contributed by atoms with Gasteiger partial charge in [-0.05, 0) is 55.3 Å². The predicted octanol–water partition coefficient (Wildman–Crippen LogP) is 6.41. The van der Waals surface area contributed by atoms with E-state index in [2.05, 4.69) is 10.3 Å². The summed E-state index contributed by atoms with van der Waals surface area (Å²) in [6.07, 6.45) is -2.86. The molecule has 0 aliphatic heterocycles. The molecule has 0 spiro atoms. The molecule has 0 fully saturated rings. The molecule has 1 aromatic heterocycles. The summed E-state index contributed by atoms with van der Waals surface area (Å²) in [5.74, 6) is -1.20. The zero-order valence-electron chi connectivity index (χ0n) is 14.3. The fourth-order valence-corrected chi connectivity index (χ4v) is 3.55. The highest BCUT2D eigenvalue weighted by Crippen LogP contribution is 2.33. The highest BCUT2D eigenvalue weighted by Gasteiger charge is 2.24. The van der Waals surface area contributed by atoms with Crippen molar-refractivity contribution in [2.45, 2.75) is 20.3 Å². The number of nitrogens with zero attached hydrogens (tertiary/aromatic N) is 1. The van der Waals surface area contributed by atoms with Crippen LogP contribution in [0, 0.1) is 19.7 Å². The van der Waals surface area contributed by atoms with Crippen LogP contribution in [0.15, 0.2) is 36.4 Å². The number of hydrogen-bond acceptors (Lipinski definition) is 3. The molecule has 1 N–H and O–H groups in total. The van der Waals surface area contributed by atoms with E-state index in [1.165, 1.54) is 18.2 Å². The molecule has 0 atom stereocenters. The summed E-state index contributed by atoms with van der Waals surface area (Å²) in [5, 5.41) is 3.52. The van der Waals surface area contributed by atoms with Gasteiger partial charge in [-0.3, -0.25) is 4.79 Å². The first-order valence-electron chi connectivity index (χ1n) is 7.89. The van der Waals surface area contributed by atoms with Crippen molar-refractivity contribution in [1.82, 2.24) is 4.98 Å². The number of carbonyl (C=O) groups is 1. The van der Waals surface area contributed by atoms with E-state index >= 15 is 0 Å². The average Bonchev–Trinajstić information content (AvgIpc) is 3.01. The van der Waals surface area contributed by atoms with E-state index in [1.807, 2.05) is 0 Å². The van der Waals surface area contributed by atoms with E-state index in [9.17, 15) is 18.0 Å². The van der Waals surface area contributed by atoms with Crippen molar-refractivity contribution in [2.75, 3.05) is 5.32 Å². The summed E-state index contributed by atoms with van der Waals surface area (Å²) in [4.78, 5) is 16.1. The topological polar surface area (TPSA) is 42.0 Å². The zero-order valence-corrected chi connectivity index (χ0v) is 15.9. The summed E-state index contributed by atoms with van der Waals surface area (Å²) in [7, 11) is 0. The first kappa shape index (κ1) is 19.4. The molecule has 8 heteroatoms. The Hall–Kier alpha value is -2.38. The maximum absolute atomic E-state index is 13.8. The second kappa shape index (κ2) is 7.70. The van der Waals surface area contributed by atoms with Crippen molar-refractivity contribution < 1.29 is 18.0 Å². The average molecular weight is 411 g/mol. The van der Waals surface area contributed by atoms with Gasteiger partial charge in [0.15, 0.2) is 0 Å². The molecule has 0 radical (unpaired) electrons. The second-order valence-corrected chi connectivity index (χ2v) is 7.47. The Morgan fingerprint density at radius 1 is 1.19 bits per heavy atom.